The van der Waals surface area contributed by atoms with Crippen molar-refractivity contribution in [3.8, 4) is 0 Å². The number of hydrogen-bond donors (Lipinski definition) is 0. The van der Waals surface area contributed by atoms with E-state index in [0.29, 0.717) is 11.7 Å². The van der Waals surface area contributed by atoms with Crippen molar-refractivity contribution in [2.45, 2.75) is 46.5 Å². The molecule has 0 amide bonds. The predicted molar refractivity (Wildman–Crippen MR) is 62.5 cm³/mol. The lowest BCUT2D eigenvalue weighted by Gasteiger charge is -2.43. The Kier molecular flexibility index (Phi) is 2.52. The lowest BCUT2D eigenvalue weighted by Crippen LogP contribution is -2.35. The van der Waals surface area contributed by atoms with Crippen LogP contribution in [0.1, 0.15) is 46.5 Å². The molecular weight excluding hydrogens is 184 g/mol. The standard InChI is InChI=1S/C14H22O/c1-9-5-10(2)8-14(7-9)11(3)6-13(15)12(14)4/h9-11H,4-8H2,1-3H3. The first-order valence-electron chi connectivity index (χ1n) is 6.18. The number of rotatable bonds is 0. The third kappa shape index (κ3) is 1.56. The maximum atomic E-state index is 11.8. The van der Waals surface area contributed by atoms with Gasteiger partial charge in [0.2, 0.25) is 0 Å². The summed E-state index contributed by atoms with van der Waals surface area (Å²) in [5.74, 6) is 2.34. The van der Waals surface area contributed by atoms with E-state index in [1.807, 2.05) is 0 Å². The van der Waals surface area contributed by atoms with Gasteiger partial charge in [0.05, 0.1) is 0 Å². The number of ketones is 1. The van der Waals surface area contributed by atoms with E-state index in [0.717, 1.165) is 23.8 Å². The lowest BCUT2D eigenvalue weighted by atomic mass is 9.60. The summed E-state index contributed by atoms with van der Waals surface area (Å²) in [4.78, 5) is 11.8. The highest BCUT2D eigenvalue weighted by Gasteiger charge is 2.50. The predicted octanol–water partition coefficient (Wildman–Crippen LogP) is 3.59. The molecule has 0 aromatic heterocycles. The van der Waals surface area contributed by atoms with Gasteiger partial charge in [0, 0.05) is 11.8 Å². The van der Waals surface area contributed by atoms with Gasteiger partial charge in [-0.2, -0.15) is 0 Å². The minimum atomic E-state index is 0.161. The average molecular weight is 206 g/mol. The number of hydrogen-bond acceptors (Lipinski definition) is 1. The monoisotopic (exact) mass is 206 g/mol. The Bertz CT molecular complexity index is 292. The molecule has 2 saturated carbocycles. The van der Waals surface area contributed by atoms with Crippen LogP contribution >= 0.6 is 0 Å². The Balaban J connectivity index is 2.31. The van der Waals surface area contributed by atoms with Crippen molar-refractivity contribution in [2.75, 3.05) is 0 Å². The molecule has 2 fully saturated rings. The second kappa shape index (κ2) is 3.47. The van der Waals surface area contributed by atoms with E-state index in [-0.39, 0.29) is 5.41 Å². The highest BCUT2D eigenvalue weighted by Crippen LogP contribution is 2.56. The van der Waals surface area contributed by atoms with Gasteiger partial charge in [-0.25, -0.2) is 0 Å². The Morgan fingerprint density at radius 1 is 1.20 bits per heavy atom. The topological polar surface area (TPSA) is 17.1 Å². The van der Waals surface area contributed by atoms with Crippen molar-refractivity contribution in [2.24, 2.45) is 23.2 Å². The molecule has 0 aliphatic heterocycles. The van der Waals surface area contributed by atoms with Gasteiger partial charge in [-0.3, -0.25) is 4.79 Å². The summed E-state index contributed by atoms with van der Waals surface area (Å²) in [6.07, 6.45) is 4.42. The van der Waals surface area contributed by atoms with Crippen molar-refractivity contribution in [1.29, 1.82) is 0 Å². The molecule has 2 aliphatic carbocycles. The SMILES string of the molecule is C=C1C(=O)CC(C)C12CC(C)CC(C)C2. The molecule has 84 valence electrons. The first kappa shape index (κ1) is 10.9. The molecule has 0 aromatic carbocycles. The zero-order chi connectivity index (χ0) is 11.2. The Morgan fingerprint density at radius 3 is 2.13 bits per heavy atom. The zero-order valence-corrected chi connectivity index (χ0v) is 10.2. The van der Waals surface area contributed by atoms with Gasteiger partial charge in [-0.05, 0) is 42.6 Å². The summed E-state index contributed by atoms with van der Waals surface area (Å²) in [6.45, 7) is 11.0. The number of carbonyl (C=O) groups is 1. The van der Waals surface area contributed by atoms with E-state index >= 15 is 0 Å². The molecule has 1 heteroatoms. The van der Waals surface area contributed by atoms with Crippen molar-refractivity contribution >= 4 is 5.78 Å². The van der Waals surface area contributed by atoms with Crippen molar-refractivity contribution < 1.29 is 4.79 Å². The van der Waals surface area contributed by atoms with Crippen LogP contribution in [0.15, 0.2) is 12.2 Å². The Labute approximate surface area is 92.9 Å². The van der Waals surface area contributed by atoms with Gasteiger partial charge in [0.1, 0.15) is 0 Å². The molecule has 3 atom stereocenters. The fraction of sp³-hybridized carbons (Fsp3) is 0.786. The smallest absolute Gasteiger partial charge is 0.159 e. The van der Waals surface area contributed by atoms with E-state index in [1.54, 1.807) is 0 Å². The summed E-state index contributed by atoms with van der Waals surface area (Å²) in [5, 5.41) is 0. The summed E-state index contributed by atoms with van der Waals surface area (Å²) in [7, 11) is 0. The molecule has 0 saturated heterocycles. The highest BCUT2D eigenvalue weighted by molar-refractivity contribution is 5.99. The molecular formula is C14H22O. The van der Waals surface area contributed by atoms with Crippen LogP contribution in [-0.2, 0) is 4.79 Å². The molecule has 0 heterocycles. The van der Waals surface area contributed by atoms with E-state index in [4.69, 9.17) is 0 Å². The molecule has 0 radical (unpaired) electrons. The summed E-state index contributed by atoms with van der Waals surface area (Å²) >= 11 is 0. The van der Waals surface area contributed by atoms with E-state index in [2.05, 4.69) is 27.4 Å². The first-order chi connectivity index (χ1) is 6.95. The van der Waals surface area contributed by atoms with Crippen LogP contribution in [0.5, 0.6) is 0 Å². The second-order valence-electron chi connectivity index (χ2n) is 6.02. The van der Waals surface area contributed by atoms with Gasteiger partial charge < -0.3 is 0 Å². The van der Waals surface area contributed by atoms with Crippen molar-refractivity contribution in [3.05, 3.63) is 12.2 Å². The third-order valence-electron chi connectivity index (χ3n) is 4.60. The lowest BCUT2D eigenvalue weighted by molar-refractivity contribution is -0.114. The molecule has 0 N–H and O–H groups in total. The largest absolute Gasteiger partial charge is 0.295 e. The number of carbonyl (C=O) groups excluding carboxylic acids is 1. The summed E-state index contributed by atoms with van der Waals surface area (Å²) < 4.78 is 0. The van der Waals surface area contributed by atoms with Gasteiger partial charge >= 0.3 is 0 Å². The molecule has 1 nitrogen and oxygen atoms in total. The van der Waals surface area contributed by atoms with E-state index in [9.17, 15) is 4.79 Å². The average Bonchev–Trinajstić information content (AvgIpc) is 2.30. The van der Waals surface area contributed by atoms with Crippen LogP contribution in [-0.4, -0.2) is 5.78 Å². The minimum absolute atomic E-state index is 0.161. The van der Waals surface area contributed by atoms with Crippen molar-refractivity contribution in [1.82, 2.24) is 0 Å². The molecule has 0 aromatic rings. The highest BCUT2D eigenvalue weighted by atomic mass is 16.1. The van der Waals surface area contributed by atoms with Gasteiger partial charge in [0.25, 0.3) is 0 Å². The molecule has 15 heavy (non-hydrogen) atoms. The molecule has 2 aliphatic rings. The normalized spacial score (nSPS) is 46.5. The molecule has 0 bridgehead atoms. The Morgan fingerprint density at radius 2 is 1.73 bits per heavy atom. The van der Waals surface area contributed by atoms with Crippen LogP contribution < -0.4 is 0 Å². The first-order valence-corrected chi connectivity index (χ1v) is 6.18. The number of Topliss-reactive ketones (excluding diaryl/α,β-unsaturated/α-hetero) is 1. The van der Waals surface area contributed by atoms with E-state index < -0.39 is 0 Å². The van der Waals surface area contributed by atoms with E-state index in [1.165, 1.54) is 19.3 Å². The number of allylic oxidation sites excluding steroid dienone is 1. The van der Waals surface area contributed by atoms with Gasteiger partial charge in [0.15, 0.2) is 5.78 Å². The summed E-state index contributed by atoms with van der Waals surface area (Å²) in [5.41, 5.74) is 1.10. The minimum Gasteiger partial charge on any atom is -0.295 e. The van der Waals surface area contributed by atoms with Crippen molar-refractivity contribution in [3.63, 3.8) is 0 Å². The van der Waals surface area contributed by atoms with Crippen LogP contribution in [0.4, 0.5) is 0 Å². The maximum Gasteiger partial charge on any atom is 0.159 e. The van der Waals surface area contributed by atoms with Gasteiger partial charge in [-0.15, -0.1) is 0 Å². The third-order valence-corrected chi connectivity index (χ3v) is 4.60. The van der Waals surface area contributed by atoms with Gasteiger partial charge in [-0.1, -0.05) is 27.4 Å². The van der Waals surface area contributed by atoms with Crippen LogP contribution in [0, 0.1) is 23.2 Å². The quantitative estimate of drug-likeness (QED) is 0.553. The van der Waals surface area contributed by atoms with Crippen LogP contribution in [0.3, 0.4) is 0 Å². The maximum absolute atomic E-state index is 11.8. The van der Waals surface area contributed by atoms with Crippen LogP contribution in [0.25, 0.3) is 0 Å². The molecule has 3 unspecified atom stereocenters. The van der Waals surface area contributed by atoms with Crippen LogP contribution in [0.2, 0.25) is 0 Å². The fourth-order valence-electron chi connectivity index (χ4n) is 4.00. The zero-order valence-electron chi connectivity index (χ0n) is 10.2. The molecule has 2 rings (SSSR count). The summed E-state index contributed by atoms with van der Waals surface area (Å²) in [6, 6.07) is 0. The second-order valence-corrected chi connectivity index (χ2v) is 6.02. The Hall–Kier alpha value is -0.590. The molecule has 1 spiro atoms. The fourth-order valence-corrected chi connectivity index (χ4v) is 4.00.